The number of benzene rings is 1. The van der Waals surface area contributed by atoms with E-state index in [2.05, 4.69) is 5.32 Å². The lowest BCUT2D eigenvalue weighted by Crippen LogP contribution is -2.37. The fraction of sp³-hybridized carbons (Fsp3) is 0.471. The van der Waals surface area contributed by atoms with Gasteiger partial charge in [0.2, 0.25) is 11.8 Å². The van der Waals surface area contributed by atoms with Crippen LogP contribution in [-0.4, -0.2) is 35.6 Å². The number of hydrogen-bond donors (Lipinski definition) is 1. The first-order valence-electron chi connectivity index (χ1n) is 7.99. The van der Waals surface area contributed by atoms with Gasteiger partial charge in [-0.05, 0) is 30.5 Å². The Morgan fingerprint density at radius 3 is 2.48 bits per heavy atom. The molecule has 8 heteroatoms. The van der Waals surface area contributed by atoms with Crippen LogP contribution in [0.4, 0.5) is 13.2 Å². The predicted octanol–water partition coefficient (Wildman–Crippen LogP) is 2.29. The van der Waals surface area contributed by atoms with Crippen LogP contribution in [0, 0.1) is 0 Å². The summed E-state index contributed by atoms with van der Waals surface area (Å²) in [7, 11) is 0. The van der Waals surface area contributed by atoms with Gasteiger partial charge in [-0.3, -0.25) is 9.59 Å². The van der Waals surface area contributed by atoms with Crippen molar-refractivity contribution in [2.45, 2.75) is 44.4 Å². The molecule has 0 radical (unpaired) electrons. The molecule has 1 aromatic carbocycles. The Labute approximate surface area is 143 Å². The van der Waals surface area contributed by atoms with Crippen molar-refractivity contribution in [3.8, 4) is 0 Å². The smallest absolute Gasteiger partial charge is 0.352 e. The second-order valence-electron chi connectivity index (χ2n) is 5.90. The molecule has 0 saturated carbocycles. The second kappa shape index (κ2) is 8.13. The molecular weight excluding hydrogens is 337 g/mol. The Morgan fingerprint density at radius 1 is 1.20 bits per heavy atom. The van der Waals surface area contributed by atoms with Gasteiger partial charge in [0.25, 0.3) is 0 Å². The van der Waals surface area contributed by atoms with Crippen molar-refractivity contribution >= 4 is 18.1 Å². The van der Waals surface area contributed by atoms with Crippen molar-refractivity contribution in [1.82, 2.24) is 10.2 Å². The fourth-order valence-electron chi connectivity index (χ4n) is 2.71. The van der Waals surface area contributed by atoms with Crippen LogP contribution in [0.15, 0.2) is 24.3 Å². The van der Waals surface area contributed by atoms with Gasteiger partial charge in [-0.15, -0.1) is 0 Å². The first kappa shape index (κ1) is 19.0. The van der Waals surface area contributed by atoms with Crippen LogP contribution in [0.25, 0.3) is 0 Å². The fourth-order valence-corrected chi connectivity index (χ4v) is 2.71. The monoisotopic (exact) mass is 356 g/mol. The van der Waals surface area contributed by atoms with Gasteiger partial charge in [0, 0.05) is 25.9 Å². The third-order valence-corrected chi connectivity index (χ3v) is 4.11. The highest BCUT2D eigenvalue weighted by atomic mass is 19.4. The number of amides is 2. The SMILES string of the molecule is O=C[C@@H]1CCCN1C(=O)CCC(=O)NCc1ccc(C(F)(F)F)cc1. The van der Waals surface area contributed by atoms with Gasteiger partial charge >= 0.3 is 6.18 Å². The standard InChI is InChI=1S/C17H19F3N2O3/c18-17(19,20)13-5-3-12(4-6-13)10-21-15(24)7-8-16(25)22-9-1-2-14(22)11-23/h3-6,11,14H,1-2,7-10H2,(H,21,24)/t14-/m0/s1. The summed E-state index contributed by atoms with van der Waals surface area (Å²) >= 11 is 0. The van der Waals surface area contributed by atoms with Crippen LogP contribution in [0.5, 0.6) is 0 Å². The van der Waals surface area contributed by atoms with Gasteiger partial charge < -0.3 is 15.0 Å². The number of nitrogens with one attached hydrogen (secondary N) is 1. The summed E-state index contributed by atoms with van der Waals surface area (Å²) in [5.74, 6) is -0.602. The number of aldehydes is 1. The molecule has 1 atom stereocenters. The zero-order valence-electron chi connectivity index (χ0n) is 13.5. The van der Waals surface area contributed by atoms with E-state index in [1.54, 1.807) is 0 Å². The number of nitrogens with zero attached hydrogens (tertiary/aromatic N) is 1. The molecule has 0 aromatic heterocycles. The number of carbonyl (C=O) groups is 3. The van der Waals surface area contributed by atoms with Crippen LogP contribution in [-0.2, 0) is 27.1 Å². The van der Waals surface area contributed by atoms with E-state index in [4.69, 9.17) is 0 Å². The first-order valence-corrected chi connectivity index (χ1v) is 7.99. The lowest BCUT2D eigenvalue weighted by atomic mass is 10.1. The van der Waals surface area contributed by atoms with Crippen molar-refractivity contribution in [1.29, 1.82) is 0 Å². The van der Waals surface area contributed by atoms with Crippen molar-refractivity contribution < 1.29 is 27.6 Å². The van der Waals surface area contributed by atoms with Crippen LogP contribution >= 0.6 is 0 Å². The molecule has 2 amide bonds. The number of carbonyl (C=O) groups excluding carboxylic acids is 3. The van der Waals surface area contributed by atoms with E-state index < -0.39 is 17.8 Å². The summed E-state index contributed by atoms with van der Waals surface area (Å²) in [5.41, 5.74) is -0.211. The Bertz CT molecular complexity index is 629. The molecule has 0 aliphatic carbocycles. The highest BCUT2D eigenvalue weighted by molar-refractivity contribution is 5.85. The quantitative estimate of drug-likeness (QED) is 0.796. The molecule has 0 bridgehead atoms. The number of likely N-dealkylation sites (tertiary alicyclic amines) is 1. The summed E-state index contributed by atoms with van der Waals surface area (Å²) in [4.78, 5) is 36.1. The molecule has 1 aliphatic rings. The lowest BCUT2D eigenvalue weighted by molar-refractivity contribution is -0.137. The molecular formula is C17H19F3N2O3. The van der Waals surface area contributed by atoms with Crippen LogP contribution in [0.3, 0.4) is 0 Å². The largest absolute Gasteiger partial charge is 0.416 e. The summed E-state index contributed by atoms with van der Waals surface area (Å²) in [5, 5.41) is 2.57. The van der Waals surface area contributed by atoms with Crippen molar-refractivity contribution in [3.05, 3.63) is 35.4 Å². The average Bonchev–Trinajstić information content (AvgIpc) is 3.06. The van der Waals surface area contributed by atoms with Gasteiger partial charge in [-0.2, -0.15) is 13.2 Å². The molecule has 25 heavy (non-hydrogen) atoms. The molecule has 1 aromatic rings. The zero-order valence-corrected chi connectivity index (χ0v) is 13.5. The van der Waals surface area contributed by atoms with Gasteiger partial charge in [0.1, 0.15) is 6.29 Å². The van der Waals surface area contributed by atoms with Crippen molar-refractivity contribution in [2.75, 3.05) is 6.54 Å². The van der Waals surface area contributed by atoms with Gasteiger partial charge in [0.15, 0.2) is 0 Å². The minimum absolute atomic E-state index is 0.00316. The first-order chi connectivity index (χ1) is 11.8. The molecule has 1 heterocycles. The molecule has 0 unspecified atom stereocenters. The molecule has 1 aliphatic heterocycles. The molecule has 2 rings (SSSR count). The van der Waals surface area contributed by atoms with E-state index in [0.29, 0.717) is 18.5 Å². The van der Waals surface area contributed by atoms with Crippen molar-refractivity contribution in [3.63, 3.8) is 0 Å². The third kappa shape index (κ3) is 5.30. The summed E-state index contributed by atoms with van der Waals surface area (Å²) in [6.07, 6.45) is -2.25. The highest BCUT2D eigenvalue weighted by Crippen LogP contribution is 2.29. The maximum absolute atomic E-state index is 12.5. The number of rotatable bonds is 6. The van der Waals surface area contributed by atoms with E-state index >= 15 is 0 Å². The maximum Gasteiger partial charge on any atom is 0.416 e. The summed E-state index contributed by atoms with van der Waals surface area (Å²) < 4.78 is 37.4. The number of hydrogen-bond acceptors (Lipinski definition) is 3. The molecule has 5 nitrogen and oxygen atoms in total. The summed E-state index contributed by atoms with van der Waals surface area (Å²) in [6.45, 7) is 0.612. The van der Waals surface area contributed by atoms with E-state index in [-0.39, 0.29) is 31.2 Å². The van der Waals surface area contributed by atoms with Gasteiger partial charge in [0.05, 0.1) is 11.6 Å². The van der Waals surface area contributed by atoms with Gasteiger partial charge in [-0.25, -0.2) is 0 Å². The third-order valence-electron chi connectivity index (χ3n) is 4.11. The number of alkyl halides is 3. The highest BCUT2D eigenvalue weighted by Gasteiger charge is 2.30. The summed E-state index contributed by atoms with van der Waals surface area (Å²) in [6, 6.07) is 4.11. The Hall–Kier alpha value is -2.38. The van der Waals surface area contributed by atoms with E-state index in [1.165, 1.54) is 17.0 Å². The molecule has 1 saturated heterocycles. The van der Waals surface area contributed by atoms with Crippen LogP contribution in [0.1, 0.15) is 36.8 Å². The lowest BCUT2D eigenvalue weighted by Gasteiger charge is -2.20. The molecule has 0 spiro atoms. The van der Waals surface area contributed by atoms with E-state index in [9.17, 15) is 27.6 Å². The predicted molar refractivity (Wildman–Crippen MR) is 83.3 cm³/mol. The van der Waals surface area contributed by atoms with Crippen molar-refractivity contribution in [2.24, 2.45) is 0 Å². The Morgan fingerprint density at radius 2 is 1.88 bits per heavy atom. The topological polar surface area (TPSA) is 66.5 Å². The minimum atomic E-state index is -4.39. The van der Waals surface area contributed by atoms with Gasteiger partial charge in [-0.1, -0.05) is 12.1 Å². The minimum Gasteiger partial charge on any atom is -0.352 e. The average molecular weight is 356 g/mol. The molecule has 1 N–H and O–H groups in total. The van der Waals surface area contributed by atoms with Crippen LogP contribution < -0.4 is 5.32 Å². The Balaban J connectivity index is 1.75. The van der Waals surface area contributed by atoms with E-state index in [1.807, 2.05) is 0 Å². The second-order valence-corrected chi connectivity index (χ2v) is 5.90. The molecule has 136 valence electrons. The maximum atomic E-state index is 12.5. The van der Waals surface area contributed by atoms with Crippen LogP contribution in [0.2, 0.25) is 0 Å². The normalized spacial score (nSPS) is 17.4. The number of halogens is 3. The van der Waals surface area contributed by atoms with E-state index in [0.717, 1.165) is 24.8 Å². The molecule has 1 fully saturated rings. The zero-order chi connectivity index (χ0) is 18.4. The Kier molecular flexibility index (Phi) is 6.17.